The Hall–Kier alpha value is -3.17. The van der Waals surface area contributed by atoms with Gasteiger partial charge in [-0.15, -0.1) is 0 Å². The number of hydrogen-bond acceptors (Lipinski definition) is 8. The van der Waals surface area contributed by atoms with E-state index >= 15 is 0 Å². The van der Waals surface area contributed by atoms with Crippen LogP contribution < -0.4 is 4.74 Å². The molecule has 3 aliphatic heterocycles. The van der Waals surface area contributed by atoms with E-state index in [1.54, 1.807) is 19.2 Å². The van der Waals surface area contributed by atoms with E-state index in [2.05, 4.69) is 21.0 Å². The second kappa shape index (κ2) is 10.6. The predicted molar refractivity (Wildman–Crippen MR) is 153 cm³/mol. The van der Waals surface area contributed by atoms with Crippen LogP contribution in [0.5, 0.6) is 5.75 Å². The van der Waals surface area contributed by atoms with E-state index in [9.17, 15) is 14.3 Å². The number of ether oxygens (including phenoxy) is 2. The van der Waals surface area contributed by atoms with Gasteiger partial charge in [0.05, 0.1) is 31.2 Å². The lowest BCUT2D eigenvalue weighted by molar-refractivity contribution is -0.156. The Morgan fingerprint density at radius 1 is 1.12 bits per heavy atom. The largest absolute Gasteiger partial charge is 0.496 e. The fourth-order valence-corrected chi connectivity index (χ4v) is 6.70. The van der Waals surface area contributed by atoms with Gasteiger partial charge in [-0.1, -0.05) is 17.3 Å². The number of rotatable bonds is 7. The zero-order valence-corrected chi connectivity index (χ0v) is 24.2. The van der Waals surface area contributed by atoms with Crippen molar-refractivity contribution in [3.8, 4) is 16.9 Å². The van der Waals surface area contributed by atoms with Crippen LogP contribution in [-0.4, -0.2) is 72.2 Å². The molecule has 9 heteroatoms. The molecule has 0 bridgehead atoms. The molecule has 2 saturated heterocycles. The Morgan fingerprint density at radius 3 is 2.44 bits per heavy atom. The molecule has 0 atom stereocenters. The summed E-state index contributed by atoms with van der Waals surface area (Å²) in [6, 6.07) is 10.5. The molecule has 1 saturated carbocycles. The van der Waals surface area contributed by atoms with Crippen LogP contribution in [0.2, 0.25) is 0 Å². The number of likely N-dealkylation sites (tertiary alicyclic amines) is 2. The third kappa shape index (κ3) is 5.18. The fraction of sp³-hybridized carbons (Fsp3) is 0.562. The van der Waals surface area contributed by atoms with Crippen LogP contribution in [0.1, 0.15) is 63.5 Å². The molecule has 0 unspecified atom stereocenters. The minimum absolute atomic E-state index is 0.107. The molecule has 2 aromatic carbocycles. The highest BCUT2D eigenvalue weighted by atomic mass is 19.1. The lowest BCUT2D eigenvalue weighted by atomic mass is 9.72. The molecule has 0 radical (unpaired) electrons. The Kier molecular flexibility index (Phi) is 7.22. The third-order valence-electron chi connectivity index (χ3n) is 9.50. The Labute approximate surface area is 241 Å². The van der Waals surface area contributed by atoms with Crippen molar-refractivity contribution >= 4 is 11.8 Å². The molecule has 0 aromatic heterocycles. The molecule has 220 valence electrons. The molecule has 6 rings (SSSR count). The number of aliphatic hydroxyl groups is 1. The Bertz CT molecular complexity index is 1330. The van der Waals surface area contributed by atoms with Crippen molar-refractivity contribution in [1.82, 2.24) is 9.80 Å². The zero-order valence-electron chi connectivity index (χ0n) is 24.2. The predicted octanol–water partition coefficient (Wildman–Crippen LogP) is 4.83. The molecule has 0 amide bonds. The number of carbonyl (C=O) groups is 1. The first-order valence-corrected chi connectivity index (χ1v) is 14.8. The summed E-state index contributed by atoms with van der Waals surface area (Å²) in [5.41, 5.74) is 1.99. The van der Waals surface area contributed by atoms with Gasteiger partial charge in [0.2, 0.25) is 0 Å². The van der Waals surface area contributed by atoms with E-state index in [0.29, 0.717) is 26.0 Å². The Morgan fingerprint density at radius 2 is 1.83 bits per heavy atom. The van der Waals surface area contributed by atoms with Crippen LogP contribution in [-0.2, 0) is 26.5 Å². The van der Waals surface area contributed by atoms with Crippen molar-refractivity contribution in [2.75, 3.05) is 39.9 Å². The number of amidine groups is 1. The van der Waals surface area contributed by atoms with Crippen molar-refractivity contribution < 1.29 is 28.6 Å². The molecule has 4 aliphatic rings. The van der Waals surface area contributed by atoms with E-state index in [4.69, 9.17) is 14.3 Å². The van der Waals surface area contributed by atoms with Crippen molar-refractivity contribution in [2.45, 2.75) is 70.1 Å². The number of halogens is 1. The fourth-order valence-electron chi connectivity index (χ4n) is 6.70. The number of hydrogen-bond donors (Lipinski definition) is 1. The molecule has 3 fully saturated rings. The molecule has 1 N–H and O–H groups in total. The normalized spacial score (nSPS) is 22.4. The number of piperidine rings is 1. The summed E-state index contributed by atoms with van der Waals surface area (Å²) in [6.07, 6.45) is 4.64. The lowest BCUT2D eigenvalue weighted by Crippen LogP contribution is -2.61. The second-order valence-corrected chi connectivity index (χ2v) is 12.5. The molecule has 3 heterocycles. The minimum atomic E-state index is -0.879. The van der Waals surface area contributed by atoms with E-state index < -0.39 is 11.0 Å². The molecule has 2 aromatic rings. The average Bonchev–Trinajstić information content (AvgIpc) is 3.38. The maximum absolute atomic E-state index is 13.6. The summed E-state index contributed by atoms with van der Waals surface area (Å²) >= 11 is 0. The molecular weight excluding hydrogens is 525 g/mol. The van der Waals surface area contributed by atoms with Crippen molar-refractivity contribution in [3.63, 3.8) is 0 Å². The van der Waals surface area contributed by atoms with Crippen LogP contribution in [0.25, 0.3) is 11.1 Å². The first-order valence-electron chi connectivity index (χ1n) is 14.8. The van der Waals surface area contributed by atoms with Crippen molar-refractivity contribution in [3.05, 3.63) is 53.3 Å². The summed E-state index contributed by atoms with van der Waals surface area (Å²) in [7, 11) is 1.66. The summed E-state index contributed by atoms with van der Waals surface area (Å²) in [5, 5.41) is 15.9. The highest BCUT2D eigenvalue weighted by molar-refractivity contribution is 5.85. The summed E-state index contributed by atoms with van der Waals surface area (Å²) in [4.78, 5) is 23.0. The number of esters is 1. The van der Waals surface area contributed by atoms with E-state index in [0.717, 1.165) is 85.7 Å². The van der Waals surface area contributed by atoms with Crippen LogP contribution in [0.4, 0.5) is 4.39 Å². The first-order chi connectivity index (χ1) is 19.7. The third-order valence-corrected chi connectivity index (χ3v) is 9.50. The van der Waals surface area contributed by atoms with Gasteiger partial charge in [0.15, 0.2) is 5.60 Å². The van der Waals surface area contributed by atoms with Crippen LogP contribution in [0.15, 0.2) is 41.6 Å². The van der Waals surface area contributed by atoms with E-state index in [1.165, 1.54) is 12.1 Å². The van der Waals surface area contributed by atoms with Gasteiger partial charge in [-0.3, -0.25) is 9.69 Å². The maximum Gasteiger partial charge on any atom is 0.311 e. The van der Waals surface area contributed by atoms with Crippen molar-refractivity contribution in [1.29, 1.82) is 0 Å². The number of methoxy groups -OCH3 is 1. The van der Waals surface area contributed by atoms with Gasteiger partial charge in [-0.25, -0.2) is 4.39 Å². The van der Waals surface area contributed by atoms with Gasteiger partial charge in [0, 0.05) is 38.3 Å². The first kappa shape index (κ1) is 28.0. The highest BCUT2D eigenvalue weighted by Crippen LogP contribution is 2.47. The topological polar surface area (TPSA) is 83.8 Å². The van der Waals surface area contributed by atoms with Gasteiger partial charge in [-0.2, -0.15) is 0 Å². The maximum atomic E-state index is 13.6. The molecule has 1 aliphatic carbocycles. The van der Waals surface area contributed by atoms with Crippen LogP contribution in [0, 0.1) is 11.2 Å². The van der Waals surface area contributed by atoms with E-state index in [1.807, 2.05) is 19.9 Å². The van der Waals surface area contributed by atoms with Crippen LogP contribution >= 0.6 is 0 Å². The molecule has 41 heavy (non-hydrogen) atoms. The number of carbonyl (C=O) groups excluding carboxylic acids is 1. The summed E-state index contributed by atoms with van der Waals surface area (Å²) < 4.78 is 24.7. The lowest BCUT2D eigenvalue weighted by Gasteiger charge is -2.46. The van der Waals surface area contributed by atoms with Gasteiger partial charge in [-0.05, 0) is 86.9 Å². The zero-order chi connectivity index (χ0) is 28.8. The number of benzene rings is 2. The monoisotopic (exact) mass is 565 g/mol. The van der Waals surface area contributed by atoms with E-state index in [-0.39, 0.29) is 17.4 Å². The van der Waals surface area contributed by atoms with Gasteiger partial charge in [0.25, 0.3) is 0 Å². The minimum Gasteiger partial charge on any atom is -0.496 e. The smallest absolute Gasteiger partial charge is 0.311 e. The average molecular weight is 566 g/mol. The Balaban J connectivity index is 1.11. The SMILES string of the molecule is CCOC(=O)C1(C)CCN(C2=NOC3(C2)CN(Cc2cc(C4(O)CCC4)c(-c4ccc(F)cc4)cc2OC)C3)CC1. The van der Waals surface area contributed by atoms with Crippen molar-refractivity contribution in [2.24, 2.45) is 10.6 Å². The van der Waals surface area contributed by atoms with Gasteiger partial charge in [0.1, 0.15) is 17.4 Å². The van der Waals surface area contributed by atoms with Crippen LogP contribution in [0.3, 0.4) is 0 Å². The number of oxime groups is 1. The highest BCUT2D eigenvalue weighted by Gasteiger charge is 2.51. The number of nitrogens with zero attached hydrogens (tertiary/aromatic N) is 3. The standard InChI is InChI=1S/C32H40FN3O5/c1-4-40-29(37)30(2)12-14-36(15-13-30)28-18-31(41-34-28)20-35(21-31)19-23-16-26(32(38)10-5-11-32)25(17-27(23)39-3)22-6-8-24(33)9-7-22/h6-9,16-17,38H,4-5,10-15,18-21H2,1-3H3. The van der Waals surface area contributed by atoms with Gasteiger partial charge >= 0.3 is 5.97 Å². The summed E-state index contributed by atoms with van der Waals surface area (Å²) in [5.74, 6) is 1.32. The van der Waals surface area contributed by atoms with Gasteiger partial charge < -0.3 is 24.3 Å². The summed E-state index contributed by atoms with van der Waals surface area (Å²) in [6.45, 7) is 7.94. The quantitative estimate of drug-likeness (QED) is 0.482. The molecule has 1 spiro atoms. The molecule has 8 nitrogen and oxygen atoms in total. The molecular formula is C32H40FN3O5. The second-order valence-electron chi connectivity index (χ2n) is 12.5.